The number of rotatable bonds is 3. The summed E-state index contributed by atoms with van der Waals surface area (Å²) in [5.41, 5.74) is 0.295. The van der Waals surface area contributed by atoms with Gasteiger partial charge in [-0.2, -0.15) is 0 Å². The molecule has 1 heteroatoms. The molecule has 1 nitrogen and oxygen atoms in total. The fourth-order valence-electron chi connectivity index (χ4n) is 0.753. The van der Waals surface area contributed by atoms with Crippen molar-refractivity contribution in [3.63, 3.8) is 0 Å². The van der Waals surface area contributed by atoms with Gasteiger partial charge in [0.2, 0.25) is 0 Å². The summed E-state index contributed by atoms with van der Waals surface area (Å²) in [4.78, 5) is 0. The van der Waals surface area contributed by atoms with Crippen LogP contribution in [0.5, 0.6) is 0 Å². The molecular weight excluding hydrogens is 124 g/mol. The SMILES string of the molecule is C=CCC(C)(O)/C(C)=C/C. The topological polar surface area (TPSA) is 20.2 Å². The third-order valence-electron chi connectivity index (χ3n) is 1.82. The molecule has 0 rings (SSSR count). The van der Waals surface area contributed by atoms with Crippen LogP contribution in [0.25, 0.3) is 0 Å². The summed E-state index contributed by atoms with van der Waals surface area (Å²) >= 11 is 0. The van der Waals surface area contributed by atoms with E-state index in [-0.39, 0.29) is 0 Å². The third kappa shape index (κ3) is 2.36. The predicted molar refractivity (Wildman–Crippen MR) is 44.9 cm³/mol. The van der Waals surface area contributed by atoms with Crippen molar-refractivity contribution in [2.24, 2.45) is 0 Å². The van der Waals surface area contributed by atoms with E-state index in [1.165, 1.54) is 0 Å². The summed E-state index contributed by atoms with van der Waals surface area (Å²) in [6, 6.07) is 0. The second-order valence-corrected chi connectivity index (χ2v) is 2.74. The highest BCUT2D eigenvalue weighted by atomic mass is 16.3. The first-order valence-corrected chi connectivity index (χ1v) is 3.51. The van der Waals surface area contributed by atoms with Gasteiger partial charge in [0.05, 0.1) is 5.60 Å². The maximum atomic E-state index is 9.64. The van der Waals surface area contributed by atoms with Gasteiger partial charge in [-0.25, -0.2) is 0 Å². The fraction of sp³-hybridized carbons (Fsp3) is 0.556. The van der Waals surface area contributed by atoms with Gasteiger partial charge in [-0.05, 0) is 32.8 Å². The number of allylic oxidation sites excluding steroid dienone is 1. The van der Waals surface area contributed by atoms with E-state index >= 15 is 0 Å². The van der Waals surface area contributed by atoms with Crippen LogP contribution in [0, 0.1) is 0 Å². The average molecular weight is 140 g/mol. The lowest BCUT2D eigenvalue weighted by atomic mass is 9.93. The standard InChI is InChI=1S/C9H16O/c1-5-7-9(4,10)8(3)6-2/h5-6,10H,1,7H2,2-4H3/b8-6+. The Kier molecular flexibility index (Phi) is 3.37. The van der Waals surface area contributed by atoms with Crippen molar-refractivity contribution in [1.29, 1.82) is 0 Å². The molecule has 0 aromatic rings. The zero-order chi connectivity index (χ0) is 8.20. The van der Waals surface area contributed by atoms with Crippen molar-refractivity contribution < 1.29 is 5.11 Å². The van der Waals surface area contributed by atoms with E-state index in [0.717, 1.165) is 5.57 Å². The molecule has 0 saturated carbocycles. The highest BCUT2D eigenvalue weighted by Crippen LogP contribution is 2.19. The van der Waals surface area contributed by atoms with Crippen molar-refractivity contribution in [2.75, 3.05) is 0 Å². The summed E-state index contributed by atoms with van der Waals surface area (Å²) in [7, 11) is 0. The summed E-state index contributed by atoms with van der Waals surface area (Å²) in [5, 5.41) is 9.64. The number of hydrogen-bond acceptors (Lipinski definition) is 1. The van der Waals surface area contributed by atoms with E-state index in [0.29, 0.717) is 6.42 Å². The molecular formula is C9H16O. The van der Waals surface area contributed by atoms with Crippen molar-refractivity contribution in [1.82, 2.24) is 0 Å². The van der Waals surface area contributed by atoms with Crippen LogP contribution < -0.4 is 0 Å². The van der Waals surface area contributed by atoms with E-state index in [1.807, 2.05) is 19.9 Å². The molecule has 0 radical (unpaired) electrons. The first kappa shape index (κ1) is 9.44. The van der Waals surface area contributed by atoms with Gasteiger partial charge in [0.15, 0.2) is 0 Å². The molecule has 0 bridgehead atoms. The molecule has 58 valence electrons. The molecule has 0 saturated heterocycles. The fourth-order valence-corrected chi connectivity index (χ4v) is 0.753. The van der Waals surface area contributed by atoms with Gasteiger partial charge >= 0.3 is 0 Å². The van der Waals surface area contributed by atoms with Crippen LogP contribution in [-0.4, -0.2) is 10.7 Å². The zero-order valence-electron chi connectivity index (χ0n) is 7.02. The molecule has 1 atom stereocenters. The van der Waals surface area contributed by atoms with Crippen molar-refractivity contribution in [2.45, 2.75) is 32.8 Å². The molecule has 0 aliphatic rings. The second kappa shape index (κ2) is 3.57. The van der Waals surface area contributed by atoms with Crippen LogP contribution in [-0.2, 0) is 0 Å². The van der Waals surface area contributed by atoms with E-state index in [2.05, 4.69) is 6.58 Å². The Morgan fingerprint density at radius 2 is 2.20 bits per heavy atom. The Balaban J connectivity index is 4.23. The zero-order valence-corrected chi connectivity index (χ0v) is 7.02. The van der Waals surface area contributed by atoms with Crippen LogP contribution in [0.2, 0.25) is 0 Å². The van der Waals surface area contributed by atoms with Gasteiger partial charge in [0, 0.05) is 0 Å². The molecule has 0 aliphatic heterocycles. The van der Waals surface area contributed by atoms with Crippen molar-refractivity contribution >= 4 is 0 Å². The van der Waals surface area contributed by atoms with Gasteiger partial charge in [0.1, 0.15) is 0 Å². The lowest BCUT2D eigenvalue weighted by Gasteiger charge is -2.22. The van der Waals surface area contributed by atoms with Crippen LogP contribution >= 0.6 is 0 Å². The molecule has 0 fully saturated rings. The molecule has 1 N–H and O–H groups in total. The molecule has 0 heterocycles. The van der Waals surface area contributed by atoms with Gasteiger partial charge in [-0.3, -0.25) is 0 Å². The summed E-state index contributed by atoms with van der Waals surface area (Å²) < 4.78 is 0. The Morgan fingerprint density at radius 3 is 2.50 bits per heavy atom. The number of aliphatic hydroxyl groups is 1. The lowest BCUT2D eigenvalue weighted by Crippen LogP contribution is -2.24. The molecule has 10 heavy (non-hydrogen) atoms. The average Bonchev–Trinajstić information content (AvgIpc) is 1.86. The minimum absolute atomic E-state index is 0.614. The van der Waals surface area contributed by atoms with Gasteiger partial charge in [0.25, 0.3) is 0 Å². The van der Waals surface area contributed by atoms with Gasteiger partial charge < -0.3 is 5.11 Å². The molecule has 1 unspecified atom stereocenters. The maximum absolute atomic E-state index is 9.64. The van der Waals surface area contributed by atoms with Crippen molar-refractivity contribution in [3.8, 4) is 0 Å². The van der Waals surface area contributed by atoms with Gasteiger partial charge in [-0.15, -0.1) is 6.58 Å². The maximum Gasteiger partial charge on any atom is 0.0860 e. The largest absolute Gasteiger partial charge is 0.385 e. The Bertz CT molecular complexity index is 143. The summed E-state index contributed by atoms with van der Waals surface area (Å²) in [6.07, 6.45) is 4.26. The quantitative estimate of drug-likeness (QED) is 0.596. The minimum Gasteiger partial charge on any atom is -0.385 e. The van der Waals surface area contributed by atoms with Crippen LogP contribution in [0.3, 0.4) is 0 Å². The first-order valence-electron chi connectivity index (χ1n) is 3.51. The normalized spacial score (nSPS) is 18.2. The summed E-state index contributed by atoms with van der Waals surface area (Å²) in [6.45, 7) is 9.21. The number of hydrogen-bond donors (Lipinski definition) is 1. The highest BCUT2D eigenvalue weighted by molar-refractivity contribution is 5.12. The predicted octanol–water partition coefficient (Wildman–Crippen LogP) is 2.28. The highest BCUT2D eigenvalue weighted by Gasteiger charge is 2.19. The summed E-state index contributed by atoms with van der Waals surface area (Å²) in [5.74, 6) is 0. The lowest BCUT2D eigenvalue weighted by molar-refractivity contribution is 0.102. The van der Waals surface area contributed by atoms with Gasteiger partial charge in [-0.1, -0.05) is 12.2 Å². The van der Waals surface area contributed by atoms with E-state index in [9.17, 15) is 5.11 Å². The van der Waals surface area contributed by atoms with Crippen molar-refractivity contribution in [3.05, 3.63) is 24.3 Å². The van der Waals surface area contributed by atoms with Crippen LogP contribution in [0.4, 0.5) is 0 Å². The molecule has 0 aromatic heterocycles. The molecule has 0 aliphatic carbocycles. The van der Waals surface area contributed by atoms with E-state index in [1.54, 1.807) is 13.0 Å². The monoisotopic (exact) mass is 140 g/mol. The Hall–Kier alpha value is -0.560. The van der Waals surface area contributed by atoms with E-state index in [4.69, 9.17) is 0 Å². The third-order valence-corrected chi connectivity index (χ3v) is 1.82. The first-order chi connectivity index (χ1) is 4.54. The van der Waals surface area contributed by atoms with Crippen LogP contribution in [0.1, 0.15) is 27.2 Å². The molecule has 0 spiro atoms. The van der Waals surface area contributed by atoms with Crippen LogP contribution in [0.15, 0.2) is 24.3 Å². The minimum atomic E-state index is -0.698. The second-order valence-electron chi connectivity index (χ2n) is 2.74. The van der Waals surface area contributed by atoms with E-state index < -0.39 is 5.60 Å². The Morgan fingerprint density at radius 1 is 1.70 bits per heavy atom. The molecule has 0 aromatic carbocycles. The molecule has 0 amide bonds. The Labute approximate surface area is 63.1 Å². The smallest absolute Gasteiger partial charge is 0.0860 e.